The van der Waals surface area contributed by atoms with Crippen molar-refractivity contribution in [1.82, 2.24) is 10.2 Å². The molecule has 0 spiro atoms. The van der Waals surface area contributed by atoms with Crippen LogP contribution in [0.4, 0.5) is 0 Å². The first-order valence-electron chi connectivity index (χ1n) is 6.20. The third kappa shape index (κ3) is 2.53. The zero-order valence-electron chi connectivity index (χ0n) is 10.7. The first-order valence-corrected chi connectivity index (χ1v) is 7.02. The zero-order valence-corrected chi connectivity index (χ0v) is 11.6. The van der Waals surface area contributed by atoms with Crippen LogP contribution in [0.25, 0.3) is 0 Å². The van der Waals surface area contributed by atoms with Crippen LogP contribution in [-0.4, -0.2) is 37.0 Å². The van der Waals surface area contributed by atoms with Gasteiger partial charge in [0.05, 0.1) is 4.88 Å². The van der Waals surface area contributed by atoms with E-state index in [1.54, 1.807) is 11.3 Å². The average molecular weight is 252 g/mol. The van der Waals surface area contributed by atoms with Crippen LogP contribution >= 0.6 is 11.3 Å². The van der Waals surface area contributed by atoms with E-state index in [4.69, 9.17) is 0 Å². The van der Waals surface area contributed by atoms with E-state index in [2.05, 4.69) is 19.2 Å². The van der Waals surface area contributed by atoms with Crippen molar-refractivity contribution in [1.29, 1.82) is 0 Å². The van der Waals surface area contributed by atoms with Crippen molar-refractivity contribution in [2.45, 2.75) is 32.7 Å². The molecule has 0 saturated carbocycles. The molecule has 1 aromatic heterocycles. The molecule has 1 N–H and O–H groups in total. The first-order chi connectivity index (χ1) is 8.13. The highest BCUT2D eigenvalue weighted by Crippen LogP contribution is 2.24. The number of hydrogen-bond donors (Lipinski definition) is 1. The lowest BCUT2D eigenvalue weighted by molar-refractivity contribution is 0.0748. The van der Waals surface area contributed by atoms with Crippen LogP contribution in [0.1, 0.15) is 33.5 Å². The molecule has 4 heteroatoms. The molecule has 0 aliphatic carbocycles. The molecule has 1 saturated heterocycles. The predicted molar refractivity (Wildman–Crippen MR) is 71.8 cm³/mol. The van der Waals surface area contributed by atoms with Crippen molar-refractivity contribution in [2.24, 2.45) is 0 Å². The van der Waals surface area contributed by atoms with Gasteiger partial charge in [-0.1, -0.05) is 6.92 Å². The van der Waals surface area contributed by atoms with E-state index >= 15 is 0 Å². The number of carbonyl (C=O) groups excluding carboxylic acids is 1. The number of likely N-dealkylation sites (N-methyl/N-ethyl adjacent to an activating group) is 1. The van der Waals surface area contributed by atoms with E-state index in [1.807, 2.05) is 18.0 Å². The summed E-state index contributed by atoms with van der Waals surface area (Å²) >= 11 is 1.64. The van der Waals surface area contributed by atoms with Crippen LogP contribution in [0.3, 0.4) is 0 Å². The number of rotatable bonds is 3. The molecule has 0 bridgehead atoms. The molecule has 1 aliphatic heterocycles. The minimum absolute atomic E-state index is 0.173. The van der Waals surface area contributed by atoms with Gasteiger partial charge >= 0.3 is 0 Å². The van der Waals surface area contributed by atoms with E-state index < -0.39 is 0 Å². The van der Waals surface area contributed by atoms with Crippen molar-refractivity contribution >= 4 is 17.2 Å². The second kappa shape index (κ2) is 5.19. The maximum absolute atomic E-state index is 12.3. The van der Waals surface area contributed by atoms with Gasteiger partial charge in [-0.2, -0.15) is 0 Å². The number of amides is 1. The Labute approximate surface area is 107 Å². The Bertz CT molecular complexity index is 408. The number of nitrogens with zero attached hydrogens (tertiary/aromatic N) is 1. The maximum atomic E-state index is 12.3. The fraction of sp³-hybridized carbons (Fsp3) is 0.615. The monoisotopic (exact) mass is 252 g/mol. The fourth-order valence-electron chi connectivity index (χ4n) is 2.29. The number of aryl methyl sites for hydroxylation is 2. The van der Waals surface area contributed by atoms with Gasteiger partial charge in [0.15, 0.2) is 0 Å². The number of carbonyl (C=O) groups is 1. The Morgan fingerprint density at radius 2 is 2.41 bits per heavy atom. The molecule has 1 unspecified atom stereocenters. The molecule has 2 heterocycles. The van der Waals surface area contributed by atoms with Crippen molar-refractivity contribution in [3.63, 3.8) is 0 Å². The molecular formula is C13H20N2OS. The van der Waals surface area contributed by atoms with Crippen molar-refractivity contribution < 1.29 is 4.79 Å². The molecule has 1 amide bonds. The normalized spacial score (nSPS) is 19.6. The molecule has 17 heavy (non-hydrogen) atoms. The van der Waals surface area contributed by atoms with Gasteiger partial charge in [0.25, 0.3) is 5.91 Å². The summed E-state index contributed by atoms with van der Waals surface area (Å²) in [4.78, 5) is 16.4. The van der Waals surface area contributed by atoms with Gasteiger partial charge < -0.3 is 10.2 Å². The van der Waals surface area contributed by atoms with Crippen molar-refractivity contribution in [3.05, 3.63) is 21.4 Å². The Kier molecular flexibility index (Phi) is 3.84. The third-order valence-corrected chi connectivity index (χ3v) is 4.82. The number of hydrogen-bond acceptors (Lipinski definition) is 3. The molecular weight excluding hydrogens is 232 g/mol. The van der Waals surface area contributed by atoms with Crippen LogP contribution < -0.4 is 5.32 Å². The summed E-state index contributed by atoms with van der Waals surface area (Å²) < 4.78 is 0. The van der Waals surface area contributed by atoms with E-state index in [9.17, 15) is 4.79 Å². The highest BCUT2D eigenvalue weighted by atomic mass is 32.1. The Morgan fingerprint density at radius 1 is 1.65 bits per heavy atom. The van der Waals surface area contributed by atoms with Gasteiger partial charge in [-0.25, -0.2) is 0 Å². The first kappa shape index (κ1) is 12.6. The lowest BCUT2D eigenvalue weighted by Crippen LogP contribution is -2.37. The molecule has 0 radical (unpaired) electrons. The second-order valence-electron chi connectivity index (χ2n) is 4.63. The lowest BCUT2D eigenvalue weighted by Gasteiger charge is -2.23. The van der Waals surface area contributed by atoms with Crippen LogP contribution in [-0.2, 0) is 6.42 Å². The molecule has 1 fully saturated rings. The minimum Gasteiger partial charge on any atom is -0.337 e. The molecule has 3 nitrogen and oxygen atoms in total. The zero-order chi connectivity index (χ0) is 12.4. The summed E-state index contributed by atoms with van der Waals surface area (Å²) in [5.41, 5.74) is 1.25. The SMILES string of the molecule is CCc1sc(C(=O)N(C)C2CCNC2)cc1C. The topological polar surface area (TPSA) is 32.3 Å². The van der Waals surface area contributed by atoms with Crippen LogP contribution in [0.2, 0.25) is 0 Å². The standard InChI is InChI=1S/C13H20N2OS/c1-4-11-9(2)7-12(17-11)13(16)15(3)10-5-6-14-8-10/h7,10,14H,4-6,8H2,1-3H3. The molecule has 1 aliphatic rings. The van der Waals surface area contributed by atoms with Gasteiger partial charge in [-0.05, 0) is 37.9 Å². The smallest absolute Gasteiger partial charge is 0.263 e. The van der Waals surface area contributed by atoms with Gasteiger partial charge in [-0.15, -0.1) is 11.3 Å². The van der Waals surface area contributed by atoms with Crippen LogP contribution in [0.15, 0.2) is 6.07 Å². The van der Waals surface area contributed by atoms with Crippen LogP contribution in [0, 0.1) is 6.92 Å². The third-order valence-electron chi connectivity index (χ3n) is 3.45. The molecule has 0 aromatic carbocycles. The number of thiophene rings is 1. The summed E-state index contributed by atoms with van der Waals surface area (Å²) in [7, 11) is 1.92. The summed E-state index contributed by atoms with van der Waals surface area (Å²) in [6.07, 6.45) is 2.08. The highest BCUT2D eigenvalue weighted by molar-refractivity contribution is 7.14. The lowest BCUT2D eigenvalue weighted by atomic mass is 10.2. The van der Waals surface area contributed by atoms with Crippen molar-refractivity contribution in [2.75, 3.05) is 20.1 Å². The Hall–Kier alpha value is -0.870. The summed E-state index contributed by atoms with van der Waals surface area (Å²) in [6, 6.07) is 2.39. The van der Waals surface area contributed by atoms with Gasteiger partial charge in [0, 0.05) is 24.5 Å². The predicted octanol–water partition coefficient (Wildman–Crippen LogP) is 2.05. The van der Waals surface area contributed by atoms with E-state index in [1.165, 1.54) is 10.4 Å². The summed E-state index contributed by atoms with van der Waals surface area (Å²) in [6.45, 7) is 6.17. The van der Waals surface area contributed by atoms with Gasteiger partial charge in [0.1, 0.15) is 0 Å². The highest BCUT2D eigenvalue weighted by Gasteiger charge is 2.25. The quantitative estimate of drug-likeness (QED) is 0.893. The fourth-order valence-corrected chi connectivity index (χ4v) is 3.38. The maximum Gasteiger partial charge on any atom is 0.263 e. The van der Waals surface area contributed by atoms with Gasteiger partial charge in [0.2, 0.25) is 0 Å². The van der Waals surface area contributed by atoms with E-state index in [0.717, 1.165) is 30.8 Å². The second-order valence-corrected chi connectivity index (χ2v) is 5.77. The van der Waals surface area contributed by atoms with Crippen molar-refractivity contribution in [3.8, 4) is 0 Å². The Morgan fingerprint density at radius 3 is 2.94 bits per heavy atom. The van der Waals surface area contributed by atoms with E-state index in [0.29, 0.717) is 6.04 Å². The van der Waals surface area contributed by atoms with E-state index in [-0.39, 0.29) is 5.91 Å². The molecule has 94 valence electrons. The largest absolute Gasteiger partial charge is 0.337 e. The van der Waals surface area contributed by atoms with Crippen LogP contribution in [0.5, 0.6) is 0 Å². The molecule has 1 atom stereocenters. The molecule has 1 aromatic rings. The average Bonchev–Trinajstić information content (AvgIpc) is 2.95. The summed E-state index contributed by atoms with van der Waals surface area (Å²) in [5.74, 6) is 0.173. The number of nitrogens with one attached hydrogen (secondary N) is 1. The summed E-state index contributed by atoms with van der Waals surface area (Å²) in [5, 5.41) is 3.30. The molecule has 2 rings (SSSR count). The minimum atomic E-state index is 0.173. The van der Waals surface area contributed by atoms with Gasteiger partial charge in [-0.3, -0.25) is 4.79 Å². The Balaban J connectivity index is 2.12.